The minimum Gasteiger partial charge on any atom is -0.497 e. The molecule has 0 atom stereocenters. The molecular formula is C21H28N4O3. The first-order valence-corrected chi connectivity index (χ1v) is 9.50. The molecule has 1 saturated heterocycles. The molecule has 7 nitrogen and oxygen atoms in total. The molecule has 1 aliphatic heterocycles. The van der Waals surface area contributed by atoms with Crippen molar-refractivity contribution in [3.63, 3.8) is 0 Å². The van der Waals surface area contributed by atoms with Crippen LogP contribution in [0.2, 0.25) is 0 Å². The molecule has 0 aliphatic carbocycles. The molecule has 3 rings (SSSR count). The molecule has 1 amide bonds. The van der Waals surface area contributed by atoms with Gasteiger partial charge in [-0.2, -0.15) is 0 Å². The van der Waals surface area contributed by atoms with E-state index in [0.29, 0.717) is 6.42 Å². The Morgan fingerprint density at radius 3 is 2.32 bits per heavy atom. The van der Waals surface area contributed by atoms with E-state index in [-0.39, 0.29) is 5.91 Å². The summed E-state index contributed by atoms with van der Waals surface area (Å²) in [6.45, 7) is 7.72. The summed E-state index contributed by atoms with van der Waals surface area (Å²) in [4.78, 5) is 25.4. The third-order valence-corrected chi connectivity index (χ3v) is 5.31. The molecule has 1 aromatic carbocycles. The highest BCUT2D eigenvalue weighted by atomic mass is 16.5. The van der Waals surface area contributed by atoms with Crippen molar-refractivity contribution >= 4 is 5.91 Å². The lowest BCUT2D eigenvalue weighted by molar-refractivity contribution is -0.132. The van der Waals surface area contributed by atoms with E-state index < -0.39 is 0 Å². The van der Waals surface area contributed by atoms with Crippen LogP contribution in [-0.2, 0) is 17.8 Å². The van der Waals surface area contributed by atoms with Crippen LogP contribution in [0.25, 0.3) is 0 Å². The highest BCUT2D eigenvalue weighted by Crippen LogP contribution is 2.25. The maximum Gasteiger partial charge on any atom is 0.227 e. The second kappa shape index (κ2) is 9.01. The normalized spacial score (nSPS) is 14.8. The third kappa shape index (κ3) is 4.59. The van der Waals surface area contributed by atoms with Crippen LogP contribution >= 0.6 is 0 Å². The summed E-state index contributed by atoms with van der Waals surface area (Å²) in [5.74, 6) is 1.81. The summed E-state index contributed by atoms with van der Waals surface area (Å²) in [5.41, 5.74) is 3.79. The van der Waals surface area contributed by atoms with E-state index in [2.05, 4.69) is 14.9 Å². The van der Waals surface area contributed by atoms with Crippen molar-refractivity contribution < 1.29 is 14.3 Å². The van der Waals surface area contributed by atoms with Crippen molar-refractivity contribution in [2.24, 2.45) is 0 Å². The van der Waals surface area contributed by atoms with Crippen molar-refractivity contribution in [3.05, 3.63) is 47.0 Å². The second-order valence-corrected chi connectivity index (χ2v) is 7.03. The molecule has 0 N–H and O–H groups in total. The fourth-order valence-electron chi connectivity index (χ4n) is 3.54. The zero-order valence-electron chi connectivity index (χ0n) is 17.1. The Kier molecular flexibility index (Phi) is 6.46. The Bertz CT molecular complexity index is 812. The van der Waals surface area contributed by atoms with Crippen LogP contribution in [0.1, 0.15) is 22.5 Å². The topological polar surface area (TPSA) is 67.8 Å². The molecule has 0 bridgehead atoms. The van der Waals surface area contributed by atoms with Gasteiger partial charge in [0.1, 0.15) is 17.8 Å². The molecule has 1 aromatic heterocycles. The van der Waals surface area contributed by atoms with Crippen LogP contribution in [0, 0.1) is 13.8 Å². The van der Waals surface area contributed by atoms with E-state index in [1.807, 2.05) is 36.9 Å². The lowest BCUT2D eigenvalue weighted by Crippen LogP contribution is -2.48. The number of carbonyl (C=O) groups is 1. The summed E-state index contributed by atoms with van der Waals surface area (Å²) < 4.78 is 10.8. The monoisotopic (exact) mass is 384 g/mol. The number of amides is 1. The van der Waals surface area contributed by atoms with Gasteiger partial charge in [-0.25, -0.2) is 9.97 Å². The van der Waals surface area contributed by atoms with Gasteiger partial charge in [-0.1, -0.05) is 0 Å². The summed E-state index contributed by atoms with van der Waals surface area (Å²) in [6, 6.07) is 5.84. The molecule has 0 spiro atoms. The van der Waals surface area contributed by atoms with E-state index >= 15 is 0 Å². The molecule has 1 fully saturated rings. The standard InChI is InChI=1S/C21H28N4O3/c1-15-19(16(2)23-14-22-15)12-21(26)25-9-7-24(8-10-25)13-17-11-18(27-3)5-6-20(17)28-4/h5-6,11,14H,7-10,12-13H2,1-4H3. The first-order chi connectivity index (χ1) is 13.5. The van der Waals surface area contributed by atoms with Gasteiger partial charge in [-0.05, 0) is 32.0 Å². The van der Waals surface area contributed by atoms with Crippen molar-refractivity contribution in [2.75, 3.05) is 40.4 Å². The molecule has 0 radical (unpaired) electrons. The zero-order valence-corrected chi connectivity index (χ0v) is 17.1. The number of hydrogen-bond donors (Lipinski definition) is 0. The fraction of sp³-hybridized carbons (Fsp3) is 0.476. The van der Waals surface area contributed by atoms with Crippen LogP contribution in [0.4, 0.5) is 0 Å². The molecule has 2 heterocycles. The van der Waals surface area contributed by atoms with Gasteiger partial charge < -0.3 is 14.4 Å². The molecule has 150 valence electrons. The molecule has 1 aliphatic rings. The largest absolute Gasteiger partial charge is 0.497 e. The van der Waals surface area contributed by atoms with Crippen molar-refractivity contribution in [3.8, 4) is 11.5 Å². The Balaban J connectivity index is 1.58. The van der Waals surface area contributed by atoms with Gasteiger partial charge in [-0.3, -0.25) is 9.69 Å². The summed E-state index contributed by atoms with van der Waals surface area (Å²) in [7, 11) is 3.34. The van der Waals surface area contributed by atoms with Crippen molar-refractivity contribution in [2.45, 2.75) is 26.8 Å². The molecule has 28 heavy (non-hydrogen) atoms. The van der Waals surface area contributed by atoms with Crippen molar-refractivity contribution in [1.82, 2.24) is 19.8 Å². The van der Waals surface area contributed by atoms with Gasteiger partial charge in [0.05, 0.1) is 20.6 Å². The molecule has 2 aromatic rings. The van der Waals surface area contributed by atoms with Crippen LogP contribution in [0.15, 0.2) is 24.5 Å². The highest BCUT2D eigenvalue weighted by molar-refractivity contribution is 5.79. The quantitative estimate of drug-likeness (QED) is 0.759. The lowest BCUT2D eigenvalue weighted by Gasteiger charge is -2.35. The second-order valence-electron chi connectivity index (χ2n) is 7.03. The number of carbonyl (C=O) groups excluding carboxylic acids is 1. The Morgan fingerprint density at radius 2 is 1.71 bits per heavy atom. The first-order valence-electron chi connectivity index (χ1n) is 9.50. The highest BCUT2D eigenvalue weighted by Gasteiger charge is 2.23. The number of benzene rings is 1. The predicted molar refractivity (Wildman–Crippen MR) is 107 cm³/mol. The maximum absolute atomic E-state index is 12.7. The SMILES string of the molecule is COc1ccc(OC)c(CN2CCN(C(=O)Cc3c(C)ncnc3C)CC2)c1. The van der Waals surface area contributed by atoms with Crippen LogP contribution in [0.3, 0.4) is 0 Å². The van der Waals surface area contributed by atoms with Gasteiger partial charge in [-0.15, -0.1) is 0 Å². The predicted octanol–water partition coefficient (Wildman–Crippen LogP) is 2.00. The van der Waals surface area contributed by atoms with Gasteiger partial charge in [0, 0.05) is 55.2 Å². The maximum atomic E-state index is 12.7. The minimum atomic E-state index is 0.139. The fourth-order valence-corrected chi connectivity index (χ4v) is 3.54. The molecule has 7 heteroatoms. The lowest BCUT2D eigenvalue weighted by atomic mass is 10.1. The number of aromatic nitrogens is 2. The Labute approximate surface area is 166 Å². The summed E-state index contributed by atoms with van der Waals surface area (Å²) in [5, 5.41) is 0. The van der Waals surface area contributed by atoms with E-state index in [4.69, 9.17) is 9.47 Å². The molecular weight excluding hydrogens is 356 g/mol. The van der Waals surface area contributed by atoms with Gasteiger partial charge in [0.25, 0.3) is 0 Å². The van der Waals surface area contributed by atoms with E-state index in [1.54, 1.807) is 20.5 Å². The Morgan fingerprint density at radius 1 is 1.04 bits per heavy atom. The van der Waals surface area contributed by atoms with E-state index in [1.165, 1.54) is 0 Å². The number of hydrogen-bond acceptors (Lipinski definition) is 6. The van der Waals surface area contributed by atoms with Gasteiger partial charge >= 0.3 is 0 Å². The first kappa shape index (κ1) is 20.1. The van der Waals surface area contributed by atoms with E-state index in [9.17, 15) is 4.79 Å². The summed E-state index contributed by atoms with van der Waals surface area (Å²) >= 11 is 0. The molecule has 0 saturated carbocycles. The van der Waals surface area contributed by atoms with Crippen LogP contribution in [0.5, 0.6) is 11.5 Å². The number of ether oxygens (including phenoxy) is 2. The number of aryl methyl sites for hydroxylation is 2. The zero-order chi connectivity index (χ0) is 20.1. The van der Waals surface area contributed by atoms with Gasteiger partial charge in [0.2, 0.25) is 5.91 Å². The smallest absolute Gasteiger partial charge is 0.227 e. The minimum absolute atomic E-state index is 0.139. The third-order valence-electron chi connectivity index (χ3n) is 5.31. The van der Waals surface area contributed by atoms with Gasteiger partial charge in [0.15, 0.2) is 0 Å². The Hall–Kier alpha value is -2.67. The number of piperazine rings is 1. The number of rotatable bonds is 6. The summed E-state index contributed by atoms with van der Waals surface area (Å²) in [6.07, 6.45) is 1.91. The number of methoxy groups -OCH3 is 2. The molecule has 0 unspecified atom stereocenters. The average molecular weight is 384 g/mol. The average Bonchev–Trinajstić information content (AvgIpc) is 2.71. The van der Waals surface area contributed by atoms with Crippen molar-refractivity contribution in [1.29, 1.82) is 0 Å². The van der Waals surface area contributed by atoms with E-state index in [0.717, 1.165) is 66.7 Å². The number of nitrogens with zero attached hydrogens (tertiary/aromatic N) is 4. The van der Waals surface area contributed by atoms with Crippen LogP contribution < -0.4 is 9.47 Å². The van der Waals surface area contributed by atoms with Crippen LogP contribution in [-0.4, -0.2) is 66.1 Å².